The van der Waals surface area contributed by atoms with Crippen molar-refractivity contribution in [3.8, 4) is 12.3 Å². The molecular weight excluding hydrogens is 152 g/mol. The molecule has 0 aliphatic rings. The second-order valence-electron chi connectivity index (χ2n) is 2.51. The highest BCUT2D eigenvalue weighted by Crippen LogP contribution is 2.10. The van der Waals surface area contributed by atoms with Crippen LogP contribution >= 0.6 is 0 Å². The maximum absolute atomic E-state index is 5.20. The van der Waals surface area contributed by atoms with Gasteiger partial charge < -0.3 is 5.32 Å². The quantitative estimate of drug-likeness (QED) is 0.644. The Hall–Kier alpha value is -1.34. The first-order chi connectivity index (χ1) is 5.77. The Bertz CT molecular complexity index is 283. The van der Waals surface area contributed by atoms with Gasteiger partial charge in [0.05, 0.1) is 12.2 Å². The summed E-state index contributed by atoms with van der Waals surface area (Å²) in [7, 11) is 3.64. The van der Waals surface area contributed by atoms with Crippen LogP contribution in [0.15, 0.2) is 6.20 Å². The zero-order valence-electron chi connectivity index (χ0n) is 7.28. The molecule has 1 rings (SSSR count). The monoisotopic (exact) mass is 164 g/mol. The fourth-order valence-electron chi connectivity index (χ4n) is 0.993. The van der Waals surface area contributed by atoms with Gasteiger partial charge >= 0.3 is 0 Å². The molecule has 12 heavy (non-hydrogen) atoms. The average molecular weight is 164 g/mol. The number of rotatable bonds is 3. The van der Waals surface area contributed by atoms with E-state index in [1.54, 1.807) is 13.2 Å². The molecule has 64 valence electrons. The molecule has 0 aromatic carbocycles. The number of nitrogens with zero attached hydrogens (tertiary/aromatic N) is 3. The van der Waals surface area contributed by atoms with Crippen LogP contribution in [0.4, 0.5) is 0 Å². The molecule has 1 aromatic rings. The molecule has 1 heterocycles. The molecule has 0 spiro atoms. The van der Waals surface area contributed by atoms with E-state index in [4.69, 9.17) is 6.42 Å². The van der Waals surface area contributed by atoms with E-state index < -0.39 is 0 Å². The van der Waals surface area contributed by atoms with E-state index >= 15 is 0 Å². The number of terminal acetylenes is 1. The van der Waals surface area contributed by atoms with Crippen LogP contribution in [0.25, 0.3) is 0 Å². The predicted octanol–water partition coefficient (Wildman–Crippen LogP) is 0.0989. The molecule has 1 atom stereocenters. The molecule has 0 radical (unpaired) electrons. The molecular formula is C8H12N4. The van der Waals surface area contributed by atoms with Crippen LogP contribution in [0.2, 0.25) is 0 Å². The van der Waals surface area contributed by atoms with Crippen LogP contribution in [-0.4, -0.2) is 22.0 Å². The highest BCUT2D eigenvalue weighted by atomic mass is 15.4. The van der Waals surface area contributed by atoms with Crippen LogP contribution in [0.1, 0.15) is 18.2 Å². The lowest BCUT2D eigenvalue weighted by Crippen LogP contribution is -2.16. The van der Waals surface area contributed by atoms with Gasteiger partial charge in [-0.25, -0.2) is 0 Å². The van der Waals surface area contributed by atoms with Gasteiger partial charge in [-0.2, -0.15) is 15.0 Å². The fourth-order valence-corrected chi connectivity index (χ4v) is 0.993. The van der Waals surface area contributed by atoms with Crippen molar-refractivity contribution in [3.05, 3.63) is 11.9 Å². The van der Waals surface area contributed by atoms with Gasteiger partial charge in [0.15, 0.2) is 0 Å². The van der Waals surface area contributed by atoms with E-state index in [1.807, 2.05) is 7.05 Å². The van der Waals surface area contributed by atoms with Gasteiger partial charge in [-0.1, -0.05) is 0 Å². The van der Waals surface area contributed by atoms with Crippen LogP contribution in [0, 0.1) is 12.3 Å². The van der Waals surface area contributed by atoms with Gasteiger partial charge in [0.2, 0.25) is 0 Å². The molecule has 0 saturated carbocycles. The Labute approximate surface area is 72.0 Å². The summed E-state index contributed by atoms with van der Waals surface area (Å²) in [5.74, 6) is 2.59. The first-order valence-electron chi connectivity index (χ1n) is 3.75. The Morgan fingerprint density at radius 2 is 2.58 bits per heavy atom. The van der Waals surface area contributed by atoms with Crippen molar-refractivity contribution in [2.45, 2.75) is 12.5 Å². The molecule has 0 saturated heterocycles. The van der Waals surface area contributed by atoms with Crippen molar-refractivity contribution in [1.29, 1.82) is 0 Å². The highest BCUT2D eigenvalue weighted by Gasteiger charge is 2.10. The predicted molar refractivity (Wildman–Crippen MR) is 46.3 cm³/mol. The molecule has 1 N–H and O–H groups in total. The topological polar surface area (TPSA) is 42.7 Å². The van der Waals surface area contributed by atoms with Gasteiger partial charge in [-0.05, 0) is 7.05 Å². The Balaban J connectivity index is 2.74. The molecule has 0 bridgehead atoms. The molecule has 0 fully saturated rings. The zero-order valence-corrected chi connectivity index (χ0v) is 7.28. The van der Waals surface area contributed by atoms with Crippen molar-refractivity contribution >= 4 is 0 Å². The molecule has 1 aromatic heterocycles. The molecule has 4 nitrogen and oxygen atoms in total. The van der Waals surface area contributed by atoms with E-state index in [9.17, 15) is 0 Å². The van der Waals surface area contributed by atoms with E-state index in [0.717, 1.165) is 5.69 Å². The van der Waals surface area contributed by atoms with Gasteiger partial charge in [0.1, 0.15) is 5.69 Å². The second-order valence-corrected chi connectivity index (χ2v) is 2.51. The van der Waals surface area contributed by atoms with Crippen LogP contribution < -0.4 is 5.32 Å². The Morgan fingerprint density at radius 3 is 3.00 bits per heavy atom. The van der Waals surface area contributed by atoms with Crippen LogP contribution in [0.3, 0.4) is 0 Å². The van der Waals surface area contributed by atoms with E-state index in [0.29, 0.717) is 6.42 Å². The Kier molecular flexibility index (Phi) is 2.83. The van der Waals surface area contributed by atoms with E-state index in [-0.39, 0.29) is 6.04 Å². The smallest absolute Gasteiger partial charge is 0.101 e. The van der Waals surface area contributed by atoms with E-state index in [2.05, 4.69) is 21.4 Å². The molecule has 4 heteroatoms. The van der Waals surface area contributed by atoms with Crippen molar-refractivity contribution < 1.29 is 0 Å². The third kappa shape index (κ3) is 1.83. The molecule has 0 aliphatic carbocycles. The maximum atomic E-state index is 5.20. The zero-order chi connectivity index (χ0) is 8.97. The fraction of sp³-hybridized carbons (Fsp3) is 0.500. The summed E-state index contributed by atoms with van der Waals surface area (Å²) in [4.78, 5) is 1.52. The average Bonchev–Trinajstić information content (AvgIpc) is 2.47. The van der Waals surface area contributed by atoms with Gasteiger partial charge in [-0.3, -0.25) is 0 Å². The summed E-state index contributed by atoms with van der Waals surface area (Å²) >= 11 is 0. The Morgan fingerprint density at radius 1 is 1.83 bits per heavy atom. The minimum absolute atomic E-state index is 0.115. The van der Waals surface area contributed by atoms with E-state index in [1.165, 1.54) is 4.80 Å². The summed E-state index contributed by atoms with van der Waals surface area (Å²) in [5.41, 5.74) is 0.887. The first-order valence-corrected chi connectivity index (χ1v) is 3.75. The number of hydrogen-bond donors (Lipinski definition) is 1. The van der Waals surface area contributed by atoms with Gasteiger partial charge in [0, 0.05) is 13.5 Å². The van der Waals surface area contributed by atoms with Crippen molar-refractivity contribution in [3.63, 3.8) is 0 Å². The van der Waals surface area contributed by atoms with Crippen molar-refractivity contribution in [1.82, 2.24) is 20.3 Å². The molecule has 1 unspecified atom stereocenters. The number of aryl methyl sites for hydroxylation is 1. The number of aromatic nitrogens is 3. The van der Waals surface area contributed by atoms with Gasteiger partial charge in [0.25, 0.3) is 0 Å². The summed E-state index contributed by atoms with van der Waals surface area (Å²) in [6, 6.07) is 0.115. The lowest BCUT2D eigenvalue weighted by Gasteiger charge is -2.07. The third-order valence-corrected chi connectivity index (χ3v) is 1.64. The molecule has 0 aliphatic heterocycles. The maximum Gasteiger partial charge on any atom is 0.101 e. The summed E-state index contributed by atoms with van der Waals surface area (Å²) in [6.45, 7) is 0. The minimum atomic E-state index is 0.115. The lowest BCUT2D eigenvalue weighted by atomic mass is 10.1. The standard InChI is InChI=1S/C8H12N4/c1-4-5-7(9-2)8-6-10-12(3)11-8/h1,6-7,9H,5H2,2-3H3. The number of hydrogen-bond acceptors (Lipinski definition) is 3. The summed E-state index contributed by atoms with van der Waals surface area (Å²) in [6.07, 6.45) is 7.56. The third-order valence-electron chi connectivity index (χ3n) is 1.64. The van der Waals surface area contributed by atoms with Crippen LogP contribution in [-0.2, 0) is 7.05 Å². The first kappa shape index (κ1) is 8.75. The van der Waals surface area contributed by atoms with Gasteiger partial charge in [-0.15, -0.1) is 12.3 Å². The summed E-state index contributed by atoms with van der Waals surface area (Å²) < 4.78 is 0. The second kappa shape index (κ2) is 3.88. The van der Waals surface area contributed by atoms with Crippen LogP contribution in [0.5, 0.6) is 0 Å². The normalized spacial score (nSPS) is 12.4. The highest BCUT2D eigenvalue weighted by molar-refractivity contribution is 5.04. The van der Waals surface area contributed by atoms with Crippen molar-refractivity contribution in [2.75, 3.05) is 7.05 Å². The summed E-state index contributed by atoms with van der Waals surface area (Å²) in [5, 5.41) is 11.2. The van der Waals surface area contributed by atoms with Crippen molar-refractivity contribution in [2.24, 2.45) is 7.05 Å². The number of nitrogens with one attached hydrogen (secondary N) is 1. The minimum Gasteiger partial charge on any atom is -0.311 e. The molecule has 0 amide bonds. The largest absolute Gasteiger partial charge is 0.311 e. The lowest BCUT2D eigenvalue weighted by molar-refractivity contribution is 0.569. The SMILES string of the molecule is C#CCC(NC)c1cnn(C)n1.